The summed E-state index contributed by atoms with van der Waals surface area (Å²) in [5, 5.41) is 0.0648. The first-order valence-electron chi connectivity index (χ1n) is 11.3. The minimum absolute atomic E-state index is 0.0648. The molecule has 0 radical (unpaired) electrons. The van der Waals surface area contributed by atoms with Gasteiger partial charge in [0.1, 0.15) is 24.3 Å². The normalized spacial score (nSPS) is 13.0. The standard InChI is InChI=1S/C24H11F9N8/c25-22(26,27)12-3-4-14-13(6-12)20-15(2-1-5-34-20)41(14)21-37-18(39-8-16(35-10-39)23(28,29)30)7-19(38-21)40-9-17(36-11-40)24(31,32)33/h1-11H. The van der Waals surface area contributed by atoms with Crippen LogP contribution in [-0.2, 0) is 18.5 Å². The second-order valence-electron chi connectivity index (χ2n) is 8.65. The van der Waals surface area contributed by atoms with E-state index in [1.165, 1.54) is 22.9 Å². The summed E-state index contributed by atoms with van der Waals surface area (Å²) in [7, 11) is 0. The van der Waals surface area contributed by atoms with E-state index in [-0.39, 0.29) is 39.5 Å². The number of nitrogens with zero attached hydrogens (tertiary/aromatic N) is 8. The summed E-state index contributed by atoms with van der Waals surface area (Å²) in [6, 6.07) is 6.93. The van der Waals surface area contributed by atoms with Crippen LogP contribution in [0.25, 0.3) is 39.5 Å². The summed E-state index contributed by atoms with van der Waals surface area (Å²) >= 11 is 0. The molecule has 6 rings (SSSR count). The molecule has 0 aliphatic carbocycles. The van der Waals surface area contributed by atoms with Gasteiger partial charge in [-0.1, -0.05) is 0 Å². The smallest absolute Gasteiger partial charge is 0.290 e. The molecule has 0 saturated heterocycles. The second-order valence-corrected chi connectivity index (χ2v) is 8.65. The van der Waals surface area contributed by atoms with E-state index in [9.17, 15) is 39.5 Å². The van der Waals surface area contributed by atoms with E-state index in [0.717, 1.165) is 46.1 Å². The van der Waals surface area contributed by atoms with Crippen LogP contribution in [-0.4, -0.2) is 38.6 Å². The highest BCUT2D eigenvalue weighted by molar-refractivity contribution is 6.07. The van der Waals surface area contributed by atoms with Crippen LogP contribution < -0.4 is 0 Å². The minimum atomic E-state index is -4.80. The van der Waals surface area contributed by atoms with Crippen molar-refractivity contribution in [1.29, 1.82) is 0 Å². The van der Waals surface area contributed by atoms with E-state index in [1.807, 2.05) is 0 Å². The molecule has 0 fully saturated rings. The van der Waals surface area contributed by atoms with Crippen LogP contribution in [0.5, 0.6) is 0 Å². The monoisotopic (exact) mass is 582 g/mol. The third-order valence-corrected chi connectivity index (χ3v) is 6.01. The van der Waals surface area contributed by atoms with Crippen LogP contribution in [0.1, 0.15) is 17.0 Å². The van der Waals surface area contributed by atoms with Crippen molar-refractivity contribution in [3.63, 3.8) is 0 Å². The Labute approximate surface area is 221 Å². The van der Waals surface area contributed by atoms with Crippen LogP contribution in [0.2, 0.25) is 0 Å². The molecule has 5 heterocycles. The van der Waals surface area contributed by atoms with Gasteiger partial charge in [-0.25, -0.2) is 9.97 Å². The van der Waals surface area contributed by atoms with Crippen LogP contribution in [0.3, 0.4) is 0 Å². The van der Waals surface area contributed by atoms with Crippen LogP contribution in [0.15, 0.2) is 67.6 Å². The van der Waals surface area contributed by atoms with E-state index in [2.05, 4.69) is 24.9 Å². The molecule has 17 heteroatoms. The minimum Gasteiger partial charge on any atom is -0.290 e. The molecule has 5 aromatic heterocycles. The second kappa shape index (κ2) is 8.77. The highest BCUT2D eigenvalue weighted by Gasteiger charge is 2.35. The number of fused-ring (bicyclic) bond motifs is 3. The van der Waals surface area contributed by atoms with E-state index in [1.54, 1.807) is 0 Å². The molecule has 0 bridgehead atoms. The maximum Gasteiger partial charge on any atom is 0.434 e. The summed E-state index contributed by atoms with van der Waals surface area (Å²) in [6.07, 6.45) is -10.1. The van der Waals surface area contributed by atoms with Gasteiger partial charge in [0.2, 0.25) is 5.95 Å². The lowest BCUT2D eigenvalue weighted by Gasteiger charge is -2.12. The summed E-state index contributed by atoms with van der Waals surface area (Å²) in [6.45, 7) is 0. The van der Waals surface area contributed by atoms with Crippen molar-refractivity contribution >= 4 is 21.9 Å². The number of imidazole rings is 2. The molecule has 41 heavy (non-hydrogen) atoms. The van der Waals surface area contributed by atoms with E-state index >= 15 is 0 Å². The highest BCUT2D eigenvalue weighted by Crippen LogP contribution is 2.36. The van der Waals surface area contributed by atoms with Gasteiger partial charge in [-0.15, -0.1) is 0 Å². The maximum atomic E-state index is 13.5. The van der Waals surface area contributed by atoms with Gasteiger partial charge in [-0.05, 0) is 30.3 Å². The Bertz CT molecular complexity index is 1860. The van der Waals surface area contributed by atoms with Crippen molar-refractivity contribution in [2.45, 2.75) is 18.5 Å². The zero-order valence-electron chi connectivity index (χ0n) is 19.8. The summed E-state index contributed by atoms with van der Waals surface area (Å²) in [5.74, 6) is -0.753. The number of rotatable bonds is 3. The number of benzene rings is 1. The van der Waals surface area contributed by atoms with E-state index in [0.29, 0.717) is 12.4 Å². The molecule has 0 N–H and O–H groups in total. The Kier molecular flexibility index (Phi) is 5.62. The third kappa shape index (κ3) is 4.62. The molecule has 8 nitrogen and oxygen atoms in total. The Morgan fingerprint density at radius 2 is 1.20 bits per heavy atom. The van der Waals surface area contributed by atoms with Crippen molar-refractivity contribution in [3.05, 3.63) is 84.6 Å². The molecular weight excluding hydrogens is 571 g/mol. The molecule has 1 aromatic carbocycles. The van der Waals surface area contributed by atoms with Gasteiger partial charge < -0.3 is 0 Å². The van der Waals surface area contributed by atoms with Crippen molar-refractivity contribution in [2.24, 2.45) is 0 Å². The number of pyridine rings is 1. The van der Waals surface area contributed by atoms with Gasteiger partial charge in [0.15, 0.2) is 11.4 Å². The molecule has 0 aliphatic heterocycles. The first-order chi connectivity index (χ1) is 19.2. The van der Waals surface area contributed by atoms with Crippen molar-refractivity contribution in [2.75, 3.05) is 0 Å². The molecule has 0 spiro atoms. The molecule has 0 saturated carbocycles. The number of hydrogen-bond acceptors (Lipinski definition) is 5. The quantitative estimate of drug-likeness (QED) is 0.226. The van der Waals surface area contributed by atoms with Gasteiger partial charge in [0, 0.05) is 30.0 Å². The lowest BCUT2D eigenvalue weighted by Crippen LogP contribution is -2.10. The lowest BCUT2D eigenvalue weighted by atomic mass is 10.1. The Hall–Kier alpha value is -4.96. The zero-order valence-corrected chi connectivity index (χ0v) is 19.8. The van der Waals surface area contributed by atoms with Gasteiger partial charge in [-0.3, -0.25) is 18.7 Å². The molecular formula is C24H11F9N8. The SMILES string of the molecule is FC(F)(F)c1ccc2c(c1)c1ncccc1n2-c1nc(-n2cnc(C(F)(F)F)c2)cc(-n2cnc(C(F)(F)F)c2)n1. The van der Waals surface area contributed by atoms with Crippen LogP contribution >= 0.6 is 0 Å². The molecule has 0 unspecified atom stereocenters. The van der Waals surface area contributed by atoms with Crippen LogP contribution in [0, 0.1) is 0 Å². The average molecular weight is 582 g/mol. The molecule has 0 amide bonds. The summed E-state index contributed by atoms with van der Waals surface area (Å²) in [5.41, 5.74) is -2.97. The number of alkyl halides is 9. The van der Waals surface area contributed by atoms with Crippen molar-refractivity contribution in [3.8, 4) is 17.6 Å². The number of aromatic nitrogens is 8. The Morgan fingerprint density at radius 1 is 0.610 bits per heavy atom. The van der Waals surface area contributed by atoms with Crippen molar-refractivity contribution in [1.82, 2.24) is 38.6 Å². The van der Waals surface area contributed by atoms with Crippen molar-refractivity contribution < 1.29 is 39.5 Å². The highest BCUT2D eigenvalue weighted by atomic mass is 19.4. The van der Waals surface area contributed by atoms with Gasteiger partial charge in [0.05, 0.1) is 22.1 Å². The number of halogens is 9. The fourth-order valence-electron chi connectivity index (χ4n) is 4.19. The Morgan fingerprint density at radius 3 is 1.71 bits per heavy atom. The average Bonchev–Trinajstić information content (AvgIpc) is 3.65. The maximum absolute atomic E-state index is 13.5. The largest absolute Gasteiger partial charge is 0.434 e. The molecule has 0 atom stereocenters. The predicted molar refractivity (Wildman–Crippen MR) is 123 cm³/mol. The summed E-state index contributed by atoms with van der Waals surface area (Å²) in [4.78, 5) is 19.4. The van der Waals surface area contributed by atoms with E-state index < -0.39 is 35.5 Å². The molecule has 0 aliphatic rings. The summed E-state index contributed by atoms with van der Waals surface area (Å²) < 4.78 is 123. The number of hydrogen-bond donors (Lipinski definition) is 0. The third-order valence-electron chi connectivity index (χ3n) is 6.01. The lowest BCUT2D eigenvalue weighted by molar-refractivity contribution is -0.141. The first kappa shape index (κ1) is 26.3. The molecule has 210 valence electrons. The van der Waals surface area contributed by atoms with Gasteiger partial charge >= 0.3 is 18.5 Å². The fourth-order valence-corrected chi connectivity index (χ4v) is 4.19. The molecule has 6 aromatic rings. The predicted octanol–water partition coefficient (Wildman–Crippen LogP) is 6.40. The van der Waals surface area contributed by atoms with Gasteiger partial charge in [0.25, 0.3) is 0 Å². The van der Waals surface area contributed by atoms with Gasteiger partial charge in [-0.2, -0.15) is 49.5 Å². The van der Waals surface area contributed by atoms with E-state index in [4.69, 9.17) is 0 Å². The zero-order chi connectivity index (χ0) is 29.3. The fraction of sp³-hybridized carbons (Fsp3) is 0.125. The topological polar surface area (TPSA) is 79.2 Å². The first-order valence-corrected chi connectivity index (χ1v) is 11.3. The van der Waals surface area contributed by atoms with Crippen LogP contribution in [0.4, 0.5) is 39.5 Å². The Balaban J connectivity index is 1.63.